The van der Waals surface area contributed by atoms with Crippen LogP contribution in [0.25, 0.3) is 0 Å². The Labute approximate surface area is 157 Å². The van der Waals surface area contributed by atoms with Gasteiger partial charge >= 0.3 is 0 Å². The van der Waals surface area contributed by atoms with E-state index in [2.05, 4.69) is 10.3 Å². The highest BCUT2D eigenvalue weighted by atomic mass is 32.2. The predicted octanol–water partition coefficient (Wildman–Crippen LogP) is 1.19. The summed E-state index contributed by atoms with van der Waals surface area (Å²) < 4.78 is 26.9. The van der Waals surface area contributed by atoms with Gasteiger partial charge in [0.15, 0.2) is 0 Å². The highest BCUT2D eigenvalue weighted by molar-refractivity contribution is 7.89. The molecule has 1 saturated heterocycles. The third kappa shape index (κ3) is 4.32. The quantitative estimate of drug-likeness (QED) is 0.848. The lowest BCUT2D eigenvalue weighted by molar-refractivity contribution is -0.129. The maximum atomic E-state index is 12.8. The molecule has 1 fully saturated rings. The van der Waals surface area contributed by atoms with Gasteiger partial charge in [-0.15, -0.1) is 0 Å². The van der Waals surface area contributed by atoms with Crippen LogP contribution < -0.4 is 5.32 Å². The number of piperazine rings is 1. The van der Waals surface area contributed by atoms with Crippen molar-refractivity contribution >= 4 is 27.5 Å². The number of nitrogens with zero attached hydrogens (tertiary/aromatic N) is 3. The van der Waals surface area contributed by atoms with Crippen LogP contribution in [-0.2, 0) is 14.8 Å². The van der Waals surface area contributed by atoms with Crippen molar-refractivity contribution in [2.45, 2.75) is 11.8 Å². The van der Waals surface area contributed by atoms with Gasteiger partial charge in [0, 0.05) is 56.7 Å². The smallest absolute Gasteiger partial charge is 0.255 e. The lowest BCUT2D eigenvalue weighted by Crippen LogP contribution is -2.49. The normalized spacial score (nSPS) is 15.4. The molecule has 2 aromatic rings. The molecular formula is C18H20N4O4S. The lowest BCUT2D eigenvalue weighted by Gasteiger charge is -2.33. The summed E-state index contributed by atoms with van der Waals surface area (Å²) in [5, 5.41) is 2.72. The Bertz CT molecular complexity index is 922. The number of pyridine rings is 1. The van der Waals surface area contributed by atoms with E-state index in [1.54, 1.807) is 29.4 Å². The van der Waals surface area contributed by atoms with Gasteiger partial charge in [0.25, 0.3) is 5.91 Å². The Kier molecular flexibility index (Phi) is 5.52. The number of benzene rings is 1. The van der Waals surface area contributed by atoms with Gasteiger partial charge in [-0.3, -0.25) is 14.6 Å². The molecule has 27 heavy (non-hydrogen) atoms. The van der Waals surface area contributed by atoms with Gasteiger partial charge in [-0.25, -0.2) is 8.42 Å². The number of hydrogen-bond acceptors (Lipinski definition) is 5. The van der Waals surface area contributed by atoms with E-state index in [4.69, 9.17) is 0 Å². The third-order valence-corrected chi connectivity index (χ3v) is 6.29. The first kappa shape index (κ1) is 19.0. The van der Waals surface area contributed by atoms with Crippen LogP contribution in [0.5, 0.6) is 0 Å². The summed E-state index contributed by atoms with van der Waals surface area (Å²) in [6.45, 7) is 2.74. The summed E-state index contributed by atoms with van der Waals surface area (Å²) in [4.78, 5) is 29.2. The van der Waals surface area contributed by atoms with E-state index in [1.165, 1.54) is 35.5 Å². The maximum Gasteiger partial charge on any atom is 0.255 e. The second-order valence-electron chi connectivity index (χ2n) is 6.12. The van der Waals surface area contributed by atoms with Gasteiger partial charge in [0.2, 0.25) is 15.9 Å². The van der Waals surface area contributed by atoms with Gasteiger partial charge in [-0.05, 0) is 36.4 Å². The summed E-state index contributed by atoms with van der Waals surface area (Å²) >= 11 is 0. The summed E-state index contributed by atoms with van der Waals surface area (Å²) in [5.74, 6) is -0.392. The highest BCUT2D eigenvalue weighted by Gasteiger charge is 2.29. The second kappa shape index (κ2) is 7.85. The van der Waals surface area contributed by atoms with Crippen LogP contribution in [0.2, 0.25) is 0 Å². The molecule has 0 radical (unpaired) electrons. The molecule has 0 unspecified atom stereocenters. The van der Waals surface area contributed by atoms with Gasteiger partial charge in [0.1, 0.15) is 0 Å². The average molecular weight is 388 g/mol. The zero-order valence-electron chi connectivity index (χ0n) is 14.8. The van der Waals surface area contributed by atoms with Crippen molar-refractivity contribution in [1.82, 2.24) is 14.2 Å². The van der Waals surface area contributed by atoms with Gasteiger partial charge in [-0.2, -0.15) is 4.31 Å². The summed E-state index contributed by atoms with van der Waals surface area (Å²) in [6, 6.07) is 9.14. The summed E-state index contributed by atoms with van der Waals surface area (Å²) in [5.41, 5.74) is 0.960. The Morgan fingerprint density at radius 3 is 2.11 bits per heavy atom. The van der Waals surface area contributed by atoms with Crippen molar-refractivity contribution in [3.63, 3.8) is 0 Å². The number of aromatic nitrogens is 1. The van der Waals surface area contributed by atoms with E-state index in [1.807, 2.05) is 0 Å². The van der Waals surface area contributed by atoms with Gasteiger partial charge in [0.05, 0.1) is 4.90 Å². The molecule has 8 nitrogen and oxygen atoms in total. The van der Waals surface area contributed by atoms with E-state index in [0.717, 1.165) is 0 Å². The molecule has 0 aliphatic carbocycles. The number of nitrogens with one attached hydrogen (secondary N) is 1. The van der Waals surface area contributed by atoms with Crippen molar-refractivity contribution < 1.29 is 18.0 Å². The highest BCUT2D eigenvalue weighted by Crippen LogP contribution is 2.19. The summed E-state index contributed by atoms with van der Waals surface area (Å²) in [6.07, 6.45) is 3.13. The largest absolute Gasteiger partial charge is 0.340 e. The Hall–Kier alpha value is -2.78. The molecular weight excluding hydrogens is 368 g/mol. The van der Waals surface area contributed by atoms with Crippen LogP contribution in [0.4, 0.5) is 5.69 Å². The molecule has 1 aromatic heterocycles. The van der Waals surface area contributed by atoms with E-state index in [9.17, 15) is 18.0 Å². The van der Waals surface area contributed by atoms with Crippen molar-refractivity contribution in [3.05, 3.63) is 54.4 Å². The minimum absolute atomic E-state index is 0.0587. The molecule has 2 heterocycles. The number of carbonyl (C=O) groups excluding carboxylic acids is 2. The van der Waals surface area contributed by atoms with Crippen LogP contribution in [-0.4, -0.2) is 60.6 Å². The molecule has 1 aliphatic rings. The maximum absolute atomic E-state index is 12.8. The number of anilines is 1. The van der Waals surface area contributed by atoms with E-state index in [0.29, 0.717) is 24.3 Å². The minimum Gasteiger partial charge on any atom is -0.340 e. The number of rotatable bonds is 4. The molecule has 142 valence electrons. The van der Waals surface area contributed by atoms with Crippen LogP contribution in [0.3, 0.4) is 0 Å². The van der Waals surface area contributed by atoms with Crippen molar-refractivity contribution in [3.8, 4) is 0 Å². The lowest BCUT2D eigenvalue weighted by atomic mass is 10.2. The fraction of sp³-hybridized carbons (Fsp3) is 0.278. The van der Waals surface area contributed by atoms with E-state index < -0.39 is 10.0 Å². The second-order valence-corrected chi connectivity index (χ2v) is 8.06. The first-order valence-electron chi connectivity index (χ1n) is 8.45. The van der Waals surface area contributed by atoms with Crippen molar-refractivity contribution in [1.29, 1.82) is 0 Å². The molecule has 9 heteroatoms. The fourth-order valence-electron chi connectivity index (χ4n) is 2.81. The van der Waals surface area contributed by atoms with Crippen LogP contribution in [0.15, 0.2) is 53.7 Å². The molecule has 1 N–H and O–H groups in total. The molecule has 1 aromatic carbocycles. The number of amides is 2. The van der Waals surface area contributed by atoms with Crippen molar-refractivity contribution in [2.24, 2.45) is 0 Å². The summed E-state index contributed by atoms with van der Waals surface area (Å²) in [7, 11) is -3.66. The Morgan fingerprint density at radius 2 is 1.56 bits per heavy atom. The van der Waals surface area contributed by atoms with E-state index in [-0.39, 0.29) is 29.8 Å². The molecule has 1 aliphatic heterocycles. The number of carbonyl (C=O) groups is 2. The SMILES string of the molecule is CC(=O)N1CCN(S(=O)(=O)c2ccc(C(=O)Nc3ccncc3)cc2)CC1. The molecule has 3 rings (SSSR count). The number of sulfonamides is 1. The predicted molar refractivity (Wildman–Crippen MR) is 99.6 cm³/mol. The first-order valence-corrected chi connectivity index (χ1v) is 9.89. The zero-order valence-corrected chi connectivity index (χ0v) is 15.6. The Morgan fingerprint density at radius 1 is 0.963 bits per heavy atom. The number of hydrogen-bond donors (Lipinski definition) is 1. The van der Waals surface area contributed by atoms with Crippen LogP contribution in [0.1, 0.15) is 17.3 Å². The average Bonchev–Trinajstić information content (AvgIpc) is 2.69. The van der Waals surface area contributed by atoms with Crippen LogP contribution in [0, 0.1) is 0 Å². The van der Waals surface area contributed by atoms with E-state index >= 15 is 0 Å². The first-order chi connectivity index (χ1) is 12.9. The molecule has 0 saturated carbocycles. The molecule has 2 amide bonds. The standard InChI is InChI=1S/C18H20N4O4S/c1-14(23)21-10-12-22(13-11-21)27(25,26)17-4-2-15(3-5-17)18(24)20-16-6-8-19-9-7-16/h2-9H,10-13H2,1H3,(H,19,20,24). The Balaban J connectivity index is 1.69. The topological polar surface area (TPSA) is 99.7 Å². The molecule has 0 bridgehead atoms. The van der Waals surface area contributed by atoms with Crippen LogP contribution >= 0.6 is 0 Å². The van der Waals surface area contributed by atoms with Crippen molar-refractivity contribution in [2.75, 3.05) is 31.5 Å². The third-order valence-electron chi connectivity index (χ3n) is 4.38. The fourth-order valence-corrected chi connectivity index (χ4v) is 4.23. The zero-order chi connectivity index (χ0) is 19.4. The molecule has 0 atom stereocenters. The minimum atomic E-state index is -3.66. The monoisotopic (exact) mass is 388 g/mol. The van der Waals surface area contributed by atoms with Gasteiger partial charge in [-0.1, -0.05) is 0 Å². The van der Waals surface area contributed by atoms with Gasteiger partial charge < -0.3 is 10.2 Å². The molecule has 0 spiro atoms.